The molecule has 3 aliphatic carbocycles. The van der Waals surface area contributed by atoms with Crippen LogP contribution in [0.15, 0.2) is 53.6 Å². The first-order valence-electron chi connectivity index (χ1n) is 13.6. The molecule has 0 heterocycles. The Bertz CT molecular complexity index is 925. The van der Waals surface area contributed by atoms with Crippen LogP contribution in [0.25, 0.3) is 0 Å². The van der Waals surface area contributed by atoms with E-state index in [9.17, 15) is 5.11 Å². The number of aliphatic hydroxyl groups excluding tert-OH is 1. The molecule has 6 atom stereocenters. The summed E-state index contributed by atoms with van der Waals surface area (Å²) in [6.07, 6.45) is 18.0. The molecule has 0 radical (unpaired) electrons. The van der Waals surface area contributed by atoms with Crippen molar-refractivity contribution in [3.05, 3.63) is 70.3 Å². The van der Waals surface area contributed by atoms with Crippen LogP contribution in [-0.2, 0) is 6.42 Å². The molecule has 1 aromatic carbocycles. The average Bonchev–Trinajstić information content (AvgIpc) is 3.15. The Balaban J connectivity index is 0.00000324. The van der Waals surface area contributed by atoms with Crippen molar-refractivity contribution >= 4 is 9.90 Å². The van der Waals surface area contributed by atoms with Gasteiger partial charge in [0.05, 0.1) is 6.10 Å². The lowest BCUT2D eigenvalue weighted by Crippen LogP contribution is -2.36. The fraction of sp³-hybridized carbons (Fsp3) is 0.625. The van der Waals surface area contributed by atoms with Gasteiger partial charge in [-0.2, -0.15) is 9.90 Å². The molecule has 34 heavy (non-hydrogen) atoms. The molecule has 1 N–H and O–H groups in total. The second-order valence-electron chi connectivity index (χ2n) is 11.8. The van der Waals surface area contributed by atoms with Gasteiger partial charge in [-0.15, -0.1) is 0 Å². The van der Waals surface area contributed by atoms with E-state index >= 15 is 0 Å². The van der Waals surface area contributed by atoms with Gasteiger partial charge in [0, 0.05) is 0 Å². The molecule has 0 aliphatic heterocycles. The van der Waals surface area contributed by atoms with E-state index in [1.165, 1.54) is 73.6 Å². The minimum Gasteiger partial charge on any atom is -0.388 e. The molecule has 1 nitrogen and oxygen atoms in total. The van der Waals surface area contributed by atoms with Crippen molar-refractivity contribution in [1.82, 2.24) is 0 Å². The van der Waals surface area contributed by atoms with Crippen LogP contribution in [0, 0.1) is 37.0 Å². The summed E-state index contributed by atoms with van der Waals surface area (Å²) in [4.78, 5) is 0. The molecule has 5 unspecified atom stereocenters. The number of aliphatic hydroxyl groups is 1. The van der Waals surface area contributed by atoms with E-state index in [-0.39, 0.29) is 16.0 Å². The molecule has 0 saturated heterocycles. The number of hydrogen-bond acceptors (Lipinski definition) is 1. The summed E-state index contributed by atoms with van der Waals surface area (Å²) in [7, 11) is 0. The number of aryl methyl sites for hydroxylation is 3. The van der Waals surface area contributed by atoms with E-state index in [4.69, 9.17) is 0 Å². The molecule has 188 valence electrons. The lowest BCUT2D eigenvalue weighted by Gasteiger charge is -2.44. The van der Waals surface area contributed by atoms with Gasteiger partial charge in [0.2, 0.25) is 0 Å². The smallest absolute Gasteiger partial charge is 0.0787 e. The van der Waals surface area contributed by atoms with Crippen LogP contribution in [0.5, 0.6) is 0 Å². The number of hydrogen-bond donors (Lipinski definition) is 1. The third kappa shape index (κ3) is 5.79. The average molecular weight is 481 g/mol. The number of fused-ring (bicyclic) bond motifs is 1. The van der Waals surface area contributed by atoms with Crippen molar-refractivity contribution in [2.45, 2.75) is 104 Å². The summed E-state index contributed by atoms with van der Waals surface area (Å²) in [5.74, 6) is 2.40. The Labute approximate surface area is 212 Å². The van der Waals surface area contributed by atoms with Crippen molar-refractivity contribution in [1.29, 1.82) is 0 Å². The standard InChI is InChI=1S/C32H46O.H3P/c1-22-14-15-26(21-24(22)3)10-6-9-23(2)29-18-19-30-28(12-8-20-32(29,30)5)17-16-27-11-7-13-31(33)25(27)4;/h14-17,21,23,29-31,33H,4,6-13,18-20H2,1-3,5H3;1H3/b27-16-,28-17+;/t23-,29?,30?,31?,32?;/m1./s1. The molecule has 1 aromatic rings. The zero-order valence-electron chi connectivity index (χ0n) is 22.3. The van der Waals surface area contributed by atoms with Gasteiger partial charge in [0.1, 0.15) is 0 Å². The van der Waals surface area contributed by atoms with Crippen molar-refractivity contribution in [2.75, 3.05) is 0 Å². The largest absolute Gasteiger partial charge is 0.388 e. The SMILES string of the molecule is C=C1/C(=C\C=C2/CCCC3(C)C2CCC3[C@H](C)CCCc2ccc(C)c(C)c2)CCCC1O.P. The normalized spacial score (nSPS) is 32.5. The van der Waals surface area contributed by atoms with Gasteiger partial charge in [-0.25, -0.2) is 0 Å². The summed E-state index contributed by atoms with van der Waals surface area (Å²) in [5.41, 5.74) is 8.71. The summed E-state index contributed by atoms with van der Waals surface area (Å²) in [6.45, 7) is 13.7. The summed E-state index contributed by atoms with van der Waals surface area (Å²) in [6, 6.07) is 7.00. The van der Waals surface area contributed by atoms with Gasteiger partial charge >= 0.3 is 0 Å². The maximum atomic E-state index is 10.2. The molecule has 0 spiro atoms. The minimum absolute atomic E-state index is 0. The van der Waals surface area contributed by atoms with Crippen LogP contribution in [0.2, 0.25) is 0 Å². The van der Waals surface area contributed by atoms with E-state index in [1.807, 2.05) is 0 Å². The van der Waals surface area contributed by atoms with Gasteiger partial charge in [-0.1, -0.05) is 62.8 Å². The van der Waals surface area contributed by atoms with Crippen LogP contribution >= 0.6 is 9.90 Å². The Morgan fingerprint density at radius 2 is 1.88 bits per heavy atom. The predicted molar refractivity (Wildman–Crippen MR) is 152 cm³/mol. The van der Waals surface area contributed by atoms with Gasteiger partial charge < -0.3 is 5.11 Å². The maximum Gasteiger partial charge on any atom is 0.0787 e. The van der Waals surface area contributed by atoms with Gasteiger partial charge in [0.25, 0.3) is 0 Å². The predicted octanol–water partition coefficient (Wildman–Crippen LogP) is 8.49. The first kappa shape index (κ1) is 27.4. The summed E-state index contributed by atoms with van der Waals surface area (Å²) >= 11 is 0. The topological polar surface area (TPSA) is 20.2 Å². The highest BCUT2D eigenvalue weighted by molar-refractivity contribution is 6.92. The zero-order chi connectivity index (χ0) is 23.6. The molecular weight excluding hydrogens is 431 g/mol. The van der Waals surface area contributed by atoms with Crippen molar-refractivity contribution in [2.24, 2.45) is 23.2 Å². The third-order valence-corrected chi connectivity index (χ3v) is 9.66. The van der Waals surface area contributed by atoms with Gasteiger partial charge in [-0.05, 0) is 129 Å². The summed E-state index contributed by atoms with van der Waals surface area (Å²) in [5, 5.41) is 10.2. The van der Waals surface area contributed by atoms with Crippen LogP contribution in [0.3, 0.4) is 0 Å². The molecule has 3 aliphatic rings. The fourth-order valence-electron chi connectivity index (χ4n) is 7.44. The first-order valence-corrected chi connectivity index (χ1v) is 13.6. The number of benzene rings is 1. The molecule has 0 bridgehead atoms. The molecular formula is C32H49OP. The molecule has 2 heteroatoms. The second kappa shape index (κ2) is 11.7. The Kier molecular flexibility index (Phi) is 9.44. The number of allylic oxidation sites excluding steroid dienone is 3. The lowest BCUT2D eigenvalue weighted by molar-refractivity contribution is 0.0935. The van der Waals surface area contributed by atoms with Crippen molar-refractivity contribution < 1.29 is 5.11 Å². The second-order valence-corrected chi connectivity index (χ2v) is 11.8. The van der Waals surface area contributed by atoms with E-state index in [2.05, 4.69) is 64.6 Å². The fourth-order valence-corrected chi connectivity index (χ4v) is 7.44. The van der Waals surface area contributed by atoms with E-state index in [0.29, 0.717) is 5.41 Å². The van der Waals surface area contributed by atoms with Gasteiger partial charge in [0.15, 0.2) is 0 Å². The van der Waals surface area contributed by atoms with Crippen LogP contribution in [0.1, 0.15) is 94.7 Å². The molecule has 3 saturated carbocycles. The quantitative estimate of drug-likeness (QED) is 0.405. The van der Waals surface area contributed by atoms with E-state index in [0.717, 1.165) is 42.6 Å². The van der Waals surface area contributed by atoms with Crippen molar-refractivity contribution in [3.8, 4) is 0 Å². The lowest BCUT2D eigenvalue weighted by atomic mass is 9.60. The first-order chi connectivity index (χ1) is 15.8. The highest BCUT2D eigenvalue weighted by atomic mass is 31.0. The Hall–Kier alpha value is -1.17. The zero-order valence-corrected chi connectivity index (χ0v) is 23.7. The van der Waals surface area contributed by atoms with Crippen LogP contribution in [-0.4, -0.2) is 11.2 Å². The summed E-state index contributed by atoms with van der Waals surface area (Å²) < 4.78 is 0. The van der Waals surface area contributed by atoms with Crippen molar-refractivity contribution in [3.63, 3.8) is 0 Å². The Morgan fingerprint density at radius 1 is 1.09 bits per heavy atom. The molecule has 3 fully saturated rings. The van der Waals surface area contributed by atoms with Crippen LogP contribution < -0.4 is 0 Å². The molecule has 4 rings (SSSR count). The highest BCUT2D eigenvalue weighted by Crippen LogP contribution is 2.59. The molecule has 0 aromatic heterocycles. The number of rotatable bonds is 6. The maximum absolute atomic E-state index is 10.2. The highest BCUT2D eigenvalue weighted by Gasteiger charge is 2.50. The van der Waals surface area contributed by atoms with Crippen LogP contribution in [0.4, 0.5) is 0 Å². The monoisotopic (exact) mass is 480 g/mol. The third-order valence-electron chi connectivity index (χ3n) is 9.66. The van der Waals surface area contributed by atoms with E-state index < -0.39 is 0 Å². The minimum atomic E-state index is -0.333. The van der Waals surface area contributed by atoms with Gasteiger partial charge in [-0.3, -0.25) is 0 Å². The Morgan fingerprint density at radius 3 is 2.65 bits per heavy atom. The van der Waals surface area contributed by atoms with E-state index in [1.54, 1.807) is 5.57 Å². The molecule has 0 amide bonds.